The number of likely N-dealkylation sites (tertiary alicyclic amines) is 1. The monoisotopic (exact) mass is 532 g/mol. The van der Waals surface area contributed by atoms with Crippen LogP contribution in [-0.4, -0.2) is 78.0 Å². The van der Waals surface area contributed by atoms with Gasteiger partial charge in [0.1, 0.15) is 0 Å². The number of likely N-dealkylation sites (N-methyl/N-ethyl adjacent to an activating group) is 1. The first-order chi connectivity index (χ1) is 17.7. The Hall–Kier alpha value is -2.55. The van der Waals surface area contributed by atoms with Gasteiger partial charge in [-0.15, -0.1) is 0 Å². The zero-order chi connectivity index (χ0) is 26.2. The molecule has 2 aromatic carbocycles. The van der Waals surface area contributed by atoms with Gasteiger partial charge in [-0.05, 0) is 49.6 Å². The highest BCUT2D eigenvalue weighted by atomic mass is 35.5. The quantitative estimate of drug-likeness (QED) is 0.430. The minimum absolute atomic E-state index is 0.0757. The Balaban J connectivity index is 1.31. The topological polar surface area (TPSA) is 31.7 Å². The molecule has 3 heterocycles. The van der Waals surface area contributed by atoms with Crippen LogP contribution in [0.15, 0.2) is 48.7 Å². The van der Waals surface area contributed by atoms with Crippen LogP contribution < -0.4 is 0 Å². The molecular weight excluding hydrogens is 501 g/mol. The third-order valence-electron chi connectivity index (χ3n) is 7.82. The summed E-state index contributed by atoms with van der Waals surface area (Å²) in [6.07, 6.45) is -1.44. The summed E-state index contributed by atoms with van der Waals surface area (Å²) in [7, 11) is 2.13. The van der Waals surface area contributed by atoms with E-state index in [2.05, 4.69) is 21.4 Å². The Labute approximate surface area is 220 Å². The third kappa shape index (κ3) is 5.66. The molecule has 37 heavy (non-hydrogen) atoms. The molecule has 0 N–H and O–H groups in total. The first kappa shape index (κ1) is 26.1. The largest absolute Gasteiger partial charge is 0.416 e. The first-order valence-electron chi connectivity index (χ1n) is 12.9. The number of amides is 1. The number of rotatable bonds is 5. The van der Waals surface area contributed by atoms with Crippen molar-refractivity contribution < 1.29 is 18.0 Å². The lowest BCUT2D eigenvalue weighted by Crippen LogP contribution is -2.45. The number of carbonyl (C=O) groups is 1. The van der Waals surface area contributed by atoms with E-state index < -0.39 is 11.7 Å². The number of piperidine rings is 1. The van der Waals surface area contributed by atoms with Crippen molar-refractivity contribution in [1.82, 2.24) is 19.3 Å². The van der Waals surface area contributed by atoms with E-state index in [9.17, 15) is 18.0 Å². The van der Waals surface area contributed by atoms with Crippen molar-refractivity contribution >= 4 is 28.4 Å². The lowest BCUT2D eigenvalue weighted by molar-refractivity contribution is -0.138. The Morgan fingerprint density at radius 2 is 1.68 bits per heavy atom. The predicted octanol–water partition coefficient (Wildman–Crippen LogP) is 5.58. The molecule has 0 bridgehead atoms. The van der Waals surface area contributed by atoms with Gasteiger partial charge in [-0.2, -0.15) is 13.2 Å². The smallest absolute Gasteiger partial charge is 0.345 e. The maximum Gasteiger partial charge on any atom is 0.416 e. The molecule has 2 saturated heterocycles. The number of hydrogen-bond donors (Lipinski definition) is 0. The van der Waals surface area contributed by atoms with Crippen LogP contribution in [-0.2, 0) is 12.7 Å². The third-order valence-corrected chi connectivity index (χ3v) is 8.05. The van der Waals surface area contributed by atoms with Gasteiger partial charge >= 0.3 is 6.18 Å². The van der Waals surface area contributed by atoms with Crippen LogP contribution in [0.5, 0.6) is 0 Å². The SMILES string of the molecule is CN1CCN(CCn2cc(C(=O)N3CCC(c4ccccc4C(F)(F)F)CC3)c3ccc(Cl)cc32)CC1. The van der Waals surface area contributed by atoms with Crippen molar-refractivity contribution in [3.05, 3.63) is 70.4 Å². The van der Waals surface area contributed by atoms with Gasteiger partial charge in [0.15, 0.2) is 0 Å². The van der Waals surface area contributed by atoms with Crippen molar-refractivity contribution in [2.45, 2.75) is 31.5 Å². The summed E-state index contributed by atoms with van der Waals surface area (Å²) in [4.78, 5) is 20.1. The van der Waals surface area contributed by atoms with Crippen molar-refractivity contribution in [1.29, 1.82) is 0 Å². The molecular formula is C28H32ClF3N4O. The molecule has 0 atom stereocenters. The van der Waals surface area contributed by atoms with Crippen LogP contribution in [0.2, 0.25) is 5.02 Å². The Morgan fingerprint density at radius 1 is 0.973 bits per heavy atom. The minimum Gasteiger partial charge on any atom is -0.345 e. The molecule has 3 aromatic rings. The molecule has 1 amide bonds. The standard InChI is InChI=1S/C28H32ClF3N4O/c1-33-12-14-34(15-13-33)16-17-36-19-24(23-7-6-21(29)18-26(23)36)27(37)35-10-8-20(9-11-35)22-4-2-3-5-25(22)28(30,31)32/h2-7,18-20H,8-17H2,1H3. The molecule has 9 heteroatoms. The summed E-state index contributed by atoms with van der Waals surface area (Å²) in [5.41, 5.74) is 1.32. The molecule has 0 aliphatic carbocycles. The van der Waals surface area contributed by atoms with Crippen LogP contribution in [0, 0.1) is 0 Å². The number of benzene rings is 2. The zero-order valence-corrected chi connectivity index (χ0v) is 21.7. The van der Waals surface area contributed by atoms with Crippen LogP contribution in [0.4, 0.5) is 13.2 Å². The lowest BCUT2D eigenvalue weighted by Gasteiger charge is -2.33. The Kier molecular flexibility index (Phi) is 7.52. The number of piperazine rings is 1. The highest BCUT2D eigenvalue weighted by Gasteiger charge is 2.36. The average Bonchev–Trinajstić information content (AvgIpc) is 3.25. The molecule has 1 aromatic heterocycles. The number of nitrogens with zero attached hydrogens (tertiary/aromatic N) is 4. The highest BCUT2D eigenvalue weighted by Crippen LogP contribution is 2.39. The van der Waals surface area contributed by atoms with E-state index in [-0.39, 0.29) is 11.8 Å². The van der Waals surface area contributed by atoms with Gasteiger partial charge < -0.3 is 14.4 Å². The Morgan fingerprint density at radius 3 is 2.38 bits per heavy atom. The number of carbonyl (C=O) groups excluding carboxylic acids is 1. The van der Waals surface area contributed by atoms with Gasteiger partial charge in [0, 0.05) is 69.0 Å². The van der Waals surface area contributed by atoms with Crippen LogP contribution >= 0.6 is 11.6 Å². The summed E-state index contributed by atoms with van der Waals surface area (Å²) >= 11 is 6.31. The van der Waals surface area contributed by atoms with Crippen LogP contribution in [0.3, 0.4) is 0 Å². The van der Waals surface area contributed by atoms with Crippen molar-refractivity contribution in [3.8, 4) is 0 Å². The Bertz CT molecular complexity index is 1260. The van der Waals surface area contributed by atoms with Gasteiger partial charge in [0.05, 0.1) is 16.6 Å². The first-order valence-corrected chi connectivity index (χ1v) is 13.2. The number of aromatic nitrogens is 1. The van der Waals surface area contributed by atoms with Gasteiger partial charge in [-0.3, -0.25) is 9.69 Å². The predicted molar refractivity (Wildman–Crippen MR) is 140 cm³/mol. The summed E-state index contributed by atoms with van der Waals surface area (Å²) < 4.78 is 42.7. The maximum absolute atomic E-state index is 13.6. The van der Waals surface area contributed by atoms with Crippen molar-refractivity contribution in [3.63, 3.8) is 0 Å². The molecule has 5 rings (SSSR count). The molecule has 5 nitrogen and oxygen atoms in total. The van der Waals surface area contributed by atoms with Crippen LogP contribution in [0.25, 0.3) is 10.9 Å². The van der Waals surface area contributed by atoms with E-state index in [4.69, 9.17) is 11.6 Å². The highest BCUT2D eigenvalue weighted by molar-refractivity contribution is 6.31. The second-order valence-corrected chi connectivity index (χ2v) is 10.6. The molecule has 0 saturated carbocycles. The minimum atomic E-state index is -4.38. The molecule has 0 unspecified atom stereocenters. The average molecular weight is 533 g/mol. The lowest BCUT2D eigenvalue weighted by atomic mass is 9.86. The van der Waals surface area contributed by atoms with E-state index >= 15 is 0 Å². The van der Waals surface area contributed by atoms with Crippen molar-refractivity contribution in [2.24, 2.45) is 0 Å². The second kappa shape index (κ2) is 10.7. The summed E-state index contributed by atoms with van der Waals surface area (Å²) in [6, 6.07) is 11.4. The maximum atomic E-state index is 13.6. The van der Waals surface area contributed by atoms with E-state index in [0.29, 0.717) is 42.1 Å². The second-order valence-electron chi connectivity index (χ2n) is 10.2. The van der Waals surface area contributed by atoms with E-state index in [1.54, 1.807) is 23.1 Å². The number of hydrogen-bond acceptors (Lipinski definition) is 3. The van der Waals surface area contributed by atoms with Gasteiger partial charge in [-0.1, -0.05) is 35.9 Å². The fourth-order valence-electron chi connectivity index (χ4n) is 5.62. The van der Waals surface area contributed by atoms with Crippen molar-refractivity contribution in [2.75, 3.05) is 52.9 Å². The molecule has 2 aliphatic heterocycles. The molecule has 0 radical (unpaired) electrons. The van der Waals surface area contributed by atoms with Gasteiger partial charge in [0.25, 0.3) is 5.91 Å². The number of halogens is 4. The van der Waals surface area contributed by atoms with Crippen LogP contribution in [0.1, 0.15) is 40.2 Å². The molecule has 0 spiro atoms. The fourth-order valence-corrected chi connectivity index (χ4v) is 5.78. The fraction of sp³-hybridized carbons (Fsp3) is 0.464. The van der Waals surface area contributed by atoms with E-state index in [1.807, 2.05) is 18.3 Å². The van der Waals surface area contributed by atoms with E-state index in [1.165, 1.54) is 6.07 Å². The molecule has 2 fully saturated rings. The van der Waals surface area contributed by atoms with E-state index in [0.717, 1.165) is 56.2 Å². The normalized spacial score (nSPS) is 18.6. The zero-order valence-electron chi connectivity index (χ0n) is 21.0. The summed E-state index contributed by atoms with van der Waals surface area (Å²) in [6.45, 7) is 6.64. The summed E-state index contributed by atoms with van der Waals surface area (Å²) in [5, 5.41) is 1.48. The van der Waals surface area contributed by atoms with Gasteiger partial charge in [-0.25, -0.2) is 0 Å². The number of fused-ring (bicyclic) bond motifs is 1. The number of alkyl halides is 3. The molecule has 198 valence electrons. The van der Waals surface area contributed by atoms with Gasteiger partial charge in [0.2, 0.25) is 0 Å². The molecule has 2 aliphatic rings. The summed E-state index contributed by atoms with van der Waals surface area (Å²) in [5.74, 6) is -0.293.